The Bertz CT molecular complexity index is 381. The van der Waals surface area contributed by atoms with Crippen molar-refractivity contribution < 1.29 is 23.9 Å². The van der Waals surface area contributed by atoms with E-state index in [0.29, 0.717) is 6.41 Å². The third-order valence-electron chi connectivity index (χ3n) is 2.15. The lowest BCUT2D eigenvalue weighted by Gasteiger charge is -2.14. The SMILES string of the molecule is CCOC(=O)/C=C/C(CCC(N)=O)NC(=O)CNC=O. The third kappa shape index (κ3) is 9.63. The van der Waals surface area contributed by atoms with Crippen molar-refractivity contribution in [3.63, 3.8) is 0 Å². The van der Waals surface area contributed by atoms with Crippen LogP contribution in [-0.4, -0.2) is 43.4 Å². The van der Waals surface area contributed by atoms with Crippen molar-refractivity contribution in [2.45, 2.75) is 25.8 Å². The number of ether oxygens (including phenoxy) is 1. The first kappa shape index (κ1) is 17.6. The number of nitrogens with one attached hydrogen (secondary N) is 2. The summed E-state index contributed by atoms with van der Waals surface area (Å²) in [6.45, 7) is 1.72. The molecule has 4 N–H and O–H groups in total. The lowest BCUT2D eigenvalue weighted by Crippen LogP contribution is -2.39. The number of esters is 1. The van der Waals surface area contributed by atoms with E-state index >= 15 is 0 Å². The lowest BCUT2D eigenvalue weighted by atomic mass is 10.1. The summed E-state index contributed by atoms with van der Waals surface area (Å²) in [6, 6.07) is -0.548. The Kier molecular flexibility index (Phi) is 9.28. The Labute approximate surface area is 116 Å². The van der Waals surface area contributed by atoms with E-state index in [0.717, 1.165) is 0 Å². The van der Waals surface area contributed by atoms with Crippen LogP contribution >= 0.6 is 0 Å². The fourth-order valence-electron chi connectivity index (χ4n) is 1.29. The highest BCUT2D eigenvalue weighted by atomic mass is 16.5. The first-order chi connectivity index (χ1) is 9.49. The summed E-state index contributed by atoms with van der Waals surface area (Å²) < 4.78 is 4.70. The van der Waals surface area contributed by atoms with Gasteiger partial charge in [0.1, 0.15) is 0 Å². The van der Waals surface area contributed by atoms with E-state index in [-0.39, 0.29) is 26.0 Å². The minimum absolute atomic E-state index is 0.0548. The Morgan fingerprint density at radius 1 is 1.35 bits per heavy atom. The predicted molar refractivity (Wildman–Crippen MR) is 70.2 cm³/mol. The fourth-order valence-corrected chi connectivity index (χ4v) is 1.29. The number of hydrogen-bond donors (Lipinski definition) is 3. The molecule has 0 fully saturated rings. The zero-order valence-corrected chi connectivity index (χ0v) is 11.3. The van der Waals surface area contributed by atoms with Crippen LogP contribution < -0.4 is 16.4 Å². The normalized spacial score (nSPS) is 11.7. The van der Waals surface area contributed by atoms with Gasteiger partial charge in [-0.2, -0.15) is 0 Å². The maximum atomic E-state index is 11.4. The van der Waals surface area contributed by atoms with E-state index in [1.807, 2.05) is 0 Å². The molecule has 0 bridgehead atoms. The first-order valence-electron chi connectivity index (χ1n) is 6.09. The van der Waals surface area contributed by atoms with Crippen LogP contribution in [0.2, 0.25) is 0 Å². The molecular formula is C12H19N3O5. The van der Waals surface area contributed by atoms with Gasteiger partial charge in [-0.3, -0.25) is 14.4 Å². The summed E-state index contributed by atoms with van der Waals surface area (Å²) in [5, 5.41) is 4.75. The standard InChI is InChI=1S/C12H19N3O5/c1-2-20-12(19)6-4-9(3-5-10(13)17)15-11(18)7-14-8-16/h4,6,8-9H,2-3,5,7H2,1H3,(H2,13,17)(H,14,16)(H,15,18)/b6-4+. The van der Waals surface area contributed by atoms with Crippen molar-refractivity contribution >= 4 is 24.2 Å². The number of carbonyl (C=O) groups excluding carboxylic acids is 4. The Morgan fingerprint density at radius 2 is 2.05 bits per heavy atom. The second kappa shape index (κ2) is 10.5. The van der Waals surface area contributed by atoms with E-state index in [1.165, 1.54) is 12.2 Å². The minimum Gasteiger partial charge on any atom is -0.463 e. The van der Waals surface area contributed by atoms with Gasteiger partial charge in [0.2, 0.25) is 18.2 Å². The number of primary amides is 1. The highest BCUT2D eigenvalue weighted by Gasteiger charge is 2.11. The maximum absolute atomic E-state index is 11.4. The van der Waals surface area contributed by atoms with Gasteiger partial charge in [0.15, 0.2) is 0 Å². The Hall–Kier alpha value is -2.38. The van der Waals surface area contributed by atoms with Crippen LogP contribution in [0.15, 0.2) is 12.2 Å². The average Bonchev–Trinajstić information content (AvgIpc) is 2.39. The Balaban J connectivity index is 4.46. The summed E-state index contributed by atoms with van der Waals surface area (Å²) in [6.07, 6.45) is 3.28. The molecule has 3 amide bonds. The molecule has 0 aromatic heterocycles. The molecule has 0 rings (SSSR count). The van der Waals surface area contributed by atoms with Crippen molar-refractivity contribution in [3.8, 4) is 0 Å². The molecule has 8 heteroatoms. The van der Waals surface area contributed by atoms with Gasteiger partial charge in [-0.1, -0.05) is 6.08 Å². The summed E-state index contributed by atoms with van der Waals surface area (Å²) in [7, 11) is 0. The smallest absolute Gasteiger partial charge is 0.330 e. The quantitative estimate of drug-likeness (QED) is 0.258. The molecule has 112 valence electrons. The number of nitrogens with two attached hydrogens (primary N) is 1. The summed E-state index contributed by atoms with van der Waals surface area (Å²) in [5.74, 6) is -1.50. The van der Waals surface area contributed by atoms with Crippen LogP contribution in [0.3, 0.4) is 0 Å². The van der Waals surface area contributed by atoms with E-state index in [9.17, 15) is 19.2 Å². The monoisotopic (exact) mass is 285 g/mol. The molecule has 0 aromatic carbocycles. The number of rotatable bonds is 10. The van der Waals surface area contributed by atoms with E-state index in [1.54, 1.807) is 6.92 Å². The molecule has 0 aromatic rings. The van der Waals surface area contributed by atoms with Gasteiger partial charge in [0.05, 0.1) is 13.2 Å². The van der Waals surface area contributed by atoms with E-state index < -0.39 is 23.8 Å². The lowest BCUT2D eigenvalue weighted by molar-refractivity contribution is -0.137. The number of amides is 3. The third-order valence-corrected chi connectivity index (χ3v) is 2.15. The van der Waals surface area contributed by atoms with Crippen molar-refractivity contribution in [3.05, 3.63) is 12.2 Å². The van der Waals surface area contributed by atoms with Crippen molar-refractivity contribution in [1.29, 1.82) is 0 Å². The molecule has 0 spiro atoms. The molecular weight excluding hydrogens is 266 g/mol. The van der Waals surface area contributed by atoms with Crippen LogP contribution in [0.1, 0.15) is 19.8 Å². The average molecular weight is 285 g/mol. The van der Waals surface area contributed by atoms with Crippen molar-refractivity contribution in [2.75, 3.05) is 13.2 Å². The molecule has 0 aliphatic carbocycles. The highest BCUT2D eigenvalue weighted by molar-refractivity contribution is 5.83. The minimum atomic E-state index is -0.548. The van der Waals surface area contributed by atoms with Crippen molar-refractivity contribution in [1.82, 2.24) is 10.6 Å². The number of hydrogen-bond acceptors (Lipinski definition) is 5. The van der Waals surface area contributed by atoms with Gasteiger partial charge < -0.3 is 21.1 Å². The van der Waals surface area contributed by atoms with Crippen LogP contribution in [0.5, 0.6) is 0 Å². The van der Waals surface area contributed by atoms with Crippen LogP contribution in [-0.2, 0) is 23.9 Å². The summed E-state index contributed by atoms with van der Waals surface area (Å²) >= 11 is 0. The van der Waals surface area contributed by atoms with Crippen molar-refractivity contribution in [2.24, 2.45) is 5.73 Å². The number of carbonyl (C=O) groups is 4. The Morgan fingerprint density at radius 3 is 2.60 bits per heavy atom. The topological polar surface area (TPSA) is 128 Å². The van der Waals surface area contributed by atoms with Crippen LogP contribution in [0, 0.1) is 0 Å². The van der Waals surface area contributed by atoms with Gasteiger partial charge in [0.25, 0.3) is 0 Å². The molecule has 20 heavy (non-hydrogen) atoms. The van der Waals surface area contributed by atoms with Gasteiger partial charge in [-0.25, -0.2) is 4.79 Å². The molecule has 0 saturated carbocycles. The second-order valence-electron chi connectivity index (χ2n) is 3.79. The van der Waals surface area contributed by atoms with Gasteiger partial charge in [-0.15, -0.1) is 0 Å². The second-order valence-corrected chi connectivity index (χ2v) is 3.79. The summed E-state index contributed by atoms with van der Waals surface area (Å²) in [4.78, 5) is 43.4. The molecule has 0 aliphatic rings. The molecule has 1 atom stereocenters. The first-order valence-corrected chi connectivity index (χ1v) is 6.09. The van der Waals surface area contributed by atoms with E-state index in [2.05, 4.69) is 10.6 Å². The van der Waals surface area contributed by atoms with Gasteiger partial charge in [0, 0.05) is 18.5 Å². The molecule has 1 unspecified atom stereocenters. The van der Waals surface area contributed by atoms with E-state index in [4.69, 9.17) is 10.5 Å². The molecule has 0 heterocycles. The maximum Gasteiger partial charge on any atom is 0.330 e. The molecule has 0 radical (unpaired) electrons. The highest BCUT2D eigenvalue weighted by Crippen LogP contribution is 1.99. The zero-order chi connectivity index (χ0) is 15.4. The zero-order valence-electron chi connectivity index (χ0n) is 11.3. The fraction of sp³-hybridized carbons (Fsp3) is 0.500. The molecule has 8 nitrogen and oxygen atoms in total. The van der Waals surface area contributed by atoms with Gasteiger partial charge in [-0.05, 0) is 13.3 Å². The molecule has 0 saturated heterocycles. The molecule has 0 aliphatic heterocycles. The van der Waals surface area contributed by atoms with Crippen LogP contribution in [0.4, 0.5) is 0 Å². The largest absolute Gasteiger partial charge is 0.463 e. The van der Waals surface area contributed by atoms with Crippen LogP contribution in [0.25, 0.3) is 0 Å². The summed E-state index contributed by atoms with van der Waals surface area (Å²) in [5.41, 5.74) is 5.03. The predicted octanol–water partition coefficient (Wildman–Crippen LogP) is -1.40. The van der Waals surface area contributed by atoms with Gasteiger partial charge >= 0.3 is 5.97 Å².